The first-order valence-corrected chi connectivity index (χ1v) is 7.39. The fraction of sp³-hybridized carbons (Fsp3) is 0.667. The lowest BCUT2D eigenvalue weighted by molar-refractivity contribution is 0.545. The van der Waals surface area contributed by atoms with Crippen LogP contribution >= 0.6 is 0 Å². The lowest BCUT2D eigenvalue weighted by Gasteiger charge is -2.29. The molecular formula is C15H22FN3. The number of hydrogen-bond acceptors (Lipinski definition) is 3. The molecule has 3 rings (SSSR count). The zero-order valence-electron chi connectivity index (χ0n) is 11.5. The van der Waals surface area contributed by atoms with E-state index in [-0.39, 0.29) is 5.82 Å². The zero-order chi connectivity index (χ0) is 13.2. The molecule has 1 aromatic heterocycles. The highest BCUT2D eigenvalue weighted by molar-refractivity contribution is 5.49. The van der Waals surface area contributed by atoms with Gasteiger partial charge in [-0.2, -0.15) is 0 Å². The maximum absolute atomic E-state index is 13.4. The lowest BCUT2D eigenvalue weighted by atomic mass is 10.1. The highest BCUT2D eigenvalue weighted by Crippen LogP contribution is 2.40. The summed E-state index contributed by atoms with van der Waals surface area (Å²) in [6.45, 7) is 4.91. The molecule has 1 aromatic rings. The molecule has 2 fully saturated rings. The van der Waals surface area contributed by atoms with Gasteiger partial charge in [0.05, 0.1) is 6.20 Å². The molecule has 1 saturated heterocycles. The van der Waals surface area contributed by atoms with Crippen molar-refractivity contribution in [3.05, 3.63) is 23.6 Å². The molecule has 1 aliphatic carbocycles. The Morgan fingerprint density at radius 3 is 3.05 bits per heavy atom. The Morgan fingerprint density at radius 1 is 1.47 bits per heavy atom. The number of pyridine rings is 1. The SMILES string of the molecule is CCCNCc1cc(F)cnc1N1CC2CCC1C2. The van der Waals surface area contributed by atoms with Crippen LogP contribution in [0, 0.1) is 11.7 Å². The molecule has 2 heterocycles. The fourth-order valence-electron chi connectivity index (χ4n) is 3.45. The average Bonchev–Trinajstić information content (AvgIpc) is 3.01. The van der Waals surface area contributed by atoms with Gasteiger partial charge in [0.2, 0.25) is 0 Å². The highest BCUT2D eigenvalue weighted by atomic mass is 19.1. The summed E-state index contributed by atoms with van der Waals surface area (Å²) in [6, 6.07) is 2.27. The first-order valence-electron chi connectivity index (χ1n) is 7.39. The van der Waals surface area contributed by atoms with Crippen LogP contribution in [-0.2, 0) is 6.54 Å². The summed E-state index contributed by atoms with van der Waals surface area (Å²) in [6.07, 6.45) is 6.36. The number of anilines is 1. The number of piperidine rings is 1. The van der Waals surface area contributed by atoms with Crippen LogP contribution in [-0.4, -0.2) is 24.1 Å². The van der Waals surface area contributed by atoms with E-state index < -0.39 is 0 Å². The van der Waals surface area contributed by atoms with E-state index in [2.05, 4.69) is 22.1 Å². The third-order valence-corrected chi connectivity index (χ3v) is 4.33. The number of nitrogens with one attached hydrogen (secondary N) is 1. The predicted octanol–water partition coefficient (Wildman–Crippen LogP) is 2.71. The first-order chi connectivity index (χ1) is 9.28. The van der Waals surface area contributed by atoms with Gasteiger partial charge in [0.1, 0.15) is 11.6 Å². The molecule has 2 bridgehead atoms. The van der Waals surface area contributed by atoms with E-state index in [1.165, 1.54) is 25.5 Å². The minimum atomic E-state index is -0.235. The molecule has 3 nitrogen and oxygen atoms in total. The first kappa shape index (κ1) is 12.9. The van der Waals surface area contributed by atoms with E-state index >= 15 is 0 Å². The standard InChI is InChI=1S/C15H22FN3/c1-2-5-17-8-12-7-13(16)9-18-15(12)19-10-11-3-4-14(19)6-11/h7,9,11,14,17H,2-6,8,10H2,1H3. The van der Waals surface area contributed by atoms with Crippen LogP contribution in [0.25, 0.3) is 0 Å². The summed E-state index contributed by atoms with van der Waals surface area (Å²) in [5.74, 6) is 1.59. The Bertz CT molecular complexity index is 449. The smallest absolute Gasteiger partial charge is 0.141 e. The van der Waals surface area contributed by atoms with E-state index in [0.29, 0.717) is 12.6 Å². The van der Waals surface area contributed by atoms with Gasteiger partial charge in [-0.05, 0) is 44.2 Å². The summed E-state index contributed by atoms with van der Waals surface area (Å²) < 4.78 is 13.4. The molecule has 0 radical (unpaired) electrons. The van der Waals surface area contributed by atoms with E-state index in [9.17, 15) is 4.39 Å². The number of halogens is 1. The van der Waals surface area contributed by atoms with Gasteiger partial charge in [-0.25, -0.2) is 9.37 Å². The number of aromatic nitrogens is 1. The zero-order valence-corrected chi connectivity index (χ0v) is 11.5. The molecule has 0 aromatic carbocycles. The second kappa shape index (κ2) is 5.45. The highest BCUT2D eigenvalue weighted by Gasteiger charge is 2.39. The number of nitrogens with zero attached hydrogens (tertiary/aromatic N) is 2. The van der Waals surface area contributed by atoms with Crippen LogP contribution in [0.2, 0.25) is 0 Å². The lowest BCUT2D eigenvalue weighted by Crippen LogP contribution is -2.34. The second-order valence-electron chi connectivity index (χ2n) is 5.80. The van der Waals surface area contributed by atoms with E-state index in [4.69, 9.17) is 0 Å². The Balaban J connectivity index is 1.79. The van der Waals surface area contributed by atoms with Crippen LogP contribution < -0.4 is 10.2 Å². The molecule has 4 heteroatoms. The number of rotatable bonds is 5. The largest absolute Gasteiger partial charge is 0.353 e. The van der Waals surface area contributed by atoms with Gasteiger partial charge in [-0.1, -0.05) is 6.92 Å². The van der Waals surface area contributed by atoms with Gasteiger partial charge in [-0.15, -0.1) is 0 Å². The van der Waals surface area contributed by atoms with Gasteiger partial charge >= 0.3 is 0 Å². The van der Waals surface area contributed by atoms with Crippen molar-refractivity contribution >= 4 is 5.82 Å². The molecule has 1 N–H and O–H groups in total. The quantitative estimate of drug-likeness (QED) is 0.828. The van der Waals surface area contributed by atoms with Crippen molar-refractivity contribution < 1.29 is 4.39 Å². The monoisotopic (exact) mass is 263 g/mol. The minimum Gasteiger partial charge on any atom is -0.353 e. The normalized spacial score (nSPS) is 25.3. The van der Waals surface area contributed by atoms with Crippen LogP contribution in [0.3, 0.4) is 0 Å². The maximum atomic E-state index is 13.4. The molecule has 1 aliphatic heterocycles. The van der Waals surface area contributed by atoms with Crippen molar-refractivity contribution in [2.75, 3.05) is 18.0 Å². The molecule has 2 aliphatic rings. The molecule has 2 atom stereocenters. The van der Waals surface area contributed by atoms with Gasteiger partial charge in [-0.3, -0.25) is 0 Å². The predicted molar refractivity (Wildman–Crippen MR) is 74.7 cm³/mol. The third kappa shape index (κ3) is 2.59. The average molecular weight is 263 g/mol. The summed E-state index contributed by atoms with van der Waals surface area (Å²) in [7, 11) is 0. The third-order valence-electron chi connectivity index (χ3n) is 4.33. The number of hydrogen-bond donors (Lipinski definition) is 1. The van der Waals surface area contributed by atoms with Crippen molar-refractivity contribution in [3.8, 4) is 0 Å². The van der Waals surface area contributed by atoms with Crippen LogP contribution in [0.5, 0.6) is 0 Å². The summed E-state index contributed by atoms with van der Waals surface area (Å²) >= 11 is 0. The van der Waals surface area contributed by atoms with E-state index in [1.807, 2.05) is 0 Å². The van der Waals surface area contributed by atoms with Crippen molar-refractivity contribution in [3.63, 3.8) is 0 Å². The molecule has 1 saturated carbocycles. The number of fused-ring (bicyclic) bond motifs is 2. The van der Waals surface area contributed by atoms with Crippen molar-refractivity contribution in [1.29, 1.82) is 0 Å². The fourth-order valence-corrected chi connectivity index (χ4v) is 3.45. The summed E-state index contributed by atoms with van der Waals surface area (Å²) in [5.41, 5.74) is 1.00. The Morgan fingerprint density at radius 2 is 2.37 bits per heavy atom. The Kier molecular flexibility index (Phi) is 3.69. The second-order valence-corrected chi connectivity index (χ2v) is 5.80. The Labute approximate surface area is 114 Å². The van der Waals surface area contributed by atoms with Gasteiger partial charge < -0.3 is 10.2 Å². The maximum Gasteiger partial charge on any atom is 0.141 e. The van der Waals surface area contributed by atoms with Gasteiger partial charge in [0.15, 0.2) is 0 Å². The van der Waals surface area contributed by atoms with Crippen LogP contribution in [0.1, 0.15) is 38.2 Å². The van der Waals surface area contributed by atoms with Crippen molar-refractivity contribution in [2.45, 2.75) is 45.2 Å². The topological polar surface area (TPSA) is 28.2 Å². The molecule has 0 amide bonds. The van der Waals surface area contributed by atoms with Crippen molar-refractivity contribution in [1.82, 2.24) is 10.3 Å². The van der Waals surface area contributed by atoms with Crippen LogP contribution in [0.15, 0.2) is 12.3 Å². The minimum absolute atomic E-state index is 0.235. The summed E-state index contributed by atoms with van der Waals surface area (Å²) in [4.78, 5) is 6.77. The molecule has 104 valence electrons. The Hall–Kier alpha value is -1.16. The molecule has 0 spiro atoms. The van der Waals surface area contributed by atoms with Crippen molar-refractivity contribution in [2.24, 2.45) is 5.92 Å². The molecular weight excluding hydrogens is 241 g/mol. The molecule has 2 unspecified atom stereocenters. The van der Waals surface area contributed by atoms with Gasteiger partial charge in [0.25, 0.3) is 0 Å². The van der Waals surface area contributed by atoms with E-state index in [1.54, 1.807) is 6.07 Å². The summed E-state index contributed by atoms with van der Waals surface area (Å²) in [5, 5.41) is 3.35. The van der Waals surface area contributed by atoms with Crippen LogP contribution in [0.4, 0.5) is 10.2 Å². The van der Waals surface area contributed by atoms with Gasteiger partial charge in [0, 0.05) is 24.7 Å². The van der Waals surface area contributed by atoms with E-state index in [0.717, 1.165) is 36.8 Å². The molecule has 19 heavy (non-hydrogen) atoms.